The third-order valence-electron chi connectivity index (χ3n) is 6.57. The number of carboxylic acid groups (broad SMARTS) is 1. The van der Waals surface area contributed by atoms with Gasteiger partial charge < -0.3 is 14.6 Å². The van der Waals surface area contributed by atoms with E-state index >= 15 is 0 Å². The molecule has 35 heavy (non-hydrogen) atoms. The van der Waals surface area contributed by atoms with E-state index in [9.17, 15) is 14.7 Å². The Balaban J connectivity index is 1.58. The maximum absolute atomic E-state index is 13.2. The summed E-state index contributed by atoms with van der Waals surface area (Å²) >= 11 is 0. The maximum atomic E-state index is 13.2. The van der Waals surface area contributed by atoms with Crippen molar-refractivity contribution < 1.29 is 29.0 Å². The summed E-state index contributed by atoms with van der Waals surface area (Å²) in [7, 11) is 0. The highest BCUT2D eigenvalue weighted by Crippen LogP contribution is 2.42. The zero-order valence-electron chi connectivity index (χ0n) is 20.3. The zero-order valence-corrected chi connectivity index (χ0v) is 20.3. The van der Waals surface area contributed by atoms with E-state index in [2.05, 4.69) is 5.10 Å². The first kappa shape index (κ1) is 25.0. The molecule has 1 N–H and O–H groups in total. The van der Waals surface area contributed by atoms with Gasteiger partial charge in [-0.15, -0.1) is 0 Å². The highest BCUT2D eigenvalue weighted by Gasteiger charge is 2.47. The van der Waals surface area contributed by atoms with Crippen LogP contribution in [0.5, 0.6) is 11.5 Å². The van der Waals surface area contributed by atoms with Crippen LogP contribution in [0, 0.1) is 5.92 Å². The van der Waals surface area contributed by atoms with Crippen LogP contribution in [-0.2, 0) is 21.0 Å². The van der Waals surface area contributed by atoms with Gasteiger partial charge in [-0.1, -0.05) is 19.9 Å². The second-order valence-electron chi connectivity index (χ2n) is 8.97. The van der Waals surface area contributed by atoms with Crippen LogP contribution in [0.15, 0.2) is 36.7 Å². The zero-order chi connectivity index (χ0) is 24.8. The van der Waals surface area contributed by atoms with Gasteiger partial charge in [0.05, 0.1) is 19.1 Å². The summed E-state index contributed by atoms with van der Waals surface area (Å²) in [6.45, 7) is 6.21. The molecule has 2 aliphatic rings. The Bertz CT molecular complexity index is 998. The number of aliphatic carboxylic acids is 1. The van der Waals surface area contributed by atoms with Gasteiger partial charge in [0.2, 0.25) is 6.79 Å². The minimum absolute atomic E-state index is 0.0956. The molecule has 3 atom stereocenters. The van der Waals surface area contributed by atoms with Crippen molar-refractivity contribution in [3.8, 4) is 11.5 Å². The number of hydrogen-bond acceptors (Lipinski definition) is 7. The average molecular weight is 487 g/mol. The number of fused-ring (bicyclic) bond motifs is 1. The first-order valence-corrected chi connectivity index (χ1v) is 12.3. The number of aromatic nitrogens is 2. The second kappa shape index (κ2) is 11.5. The maximum Gasteiger partial charge on any atom is 0.308 e. The second-order valence-corrected chi connectivity index (χ2v) is 8.97. The summed E-state index contributed by atoms with van der Waals surface area (Å²) in [5, 5.41) is 16.0. The molecule has 10 nitrogen and oxygen atoms in total. The molecule has 0 saturated carbocycles. The number of nitrogens with zero attached hydrogens (tertiary/aromatic N) is 4. The normalized spacial score (nSPS) is 21.4. The predicted octanol–water partition coefficient (Wildman–Crippen LogP) is 2.75. The lowest BCUT2D eigenvalue weighted by Crippen LogP contribution is -2.44. The van der Waals surface area contributed by atoms with Gasteiger partial charge >= 0.3 is 5.97 Å². The lowest BCUT2D eigenvalue weighted by molar-refractivity contribution is -0.188. The van der Waals surface area contributed by atoms with Crippen molar-refractivity contribution >= 4 is 11.9 Å². The molecule has 4 rings (SSSR count). The fraction of sp³-hybridized carbons (Fsp3) is 0.560. The predicted molar refractivity (Wildman–Crippen MR) is 127 cm³/mol. The van der Waals surface area contributed by atoms with Gasteiger partial charge in [0.1, 0.15) is 0 Å². The fourth-order valence-electron chi connectivity index (χ4n) is 4.95. The van der Waals surface area contributed by atoms with Crippen molar-refractivity contribution in [2.45, 2.75) is 51.6 Å². The van der Waals surface area contributed by atoms with Crippen LogP contribution in [0.2, 0.25) is 0 Å². The van der Waals surface area contributed by atoms with Crippen molar-refractivity contribution in [3.05, 3.63) is 42.2 Å². The monoisotopic (exact) mass is 486 g/mol. The van der Waals surface area contributed by atoms with E-state index in [1.165, 1.54) is 5.06 Å². The number of carbonyl (C=O) groups excluding carboxylic acids is 1. The Labute approximate surface area is 205 Å². The number of likely N-dealkylation sites (tertiary alicyclic amines) is 1. The Morgan fingerprint density at radius 3 is 2.77 bits per heavy atom. The van der Waals surface area contributed by atoms with Crippen LogP contribution in [0.1, 0.15) is 44.6 Å². The molecule has 3 heterocycles. The van der Waals surface area contributed by atoms with Gasteiger partial charge in [0.15, 0.2) is 11.5 Å². The lowest BCUT2D eigenvalue weighted by atomic mass is 9.84. The van der Waals surface area contributed by atoms with E-state index in [1.54, 1.807) is 10.9 Å². The number of hydrogen-bond donors (Lipinski definition) is 1. The van der Waals surface area contributed by atoms with Crippen LogP contribution in [0.25, 0.3) is 0 Å². The largest absolute Gasteiger partial charge is 0.481 e. The van der Waals surface area contributed by atoms with Crippen LogP contribution >= 0.6 is 0 Å². The van der Waals surface area contributed by atoms with Crippen LogP contribution in [0.4, 0.5) is 0 Å². The number of hydroxylamine groups is 2. The Morgan fingerprint density at radius 2 is 2.06 bits per heavy atom. The Morgan fingerprint density at radius 1 is 1.23 bits per heavy atom. The van der Waals surface area contributed by atoms with Gasteiger partial charge in [-0.05, 0) is 43.0 Å². The molecule has 3 unspecified atom stereocenters. The highest BCUT2D eigenvalue weighted by molar-refractivity contribution is 5.78. The molecule has 1 aromatic heterocycles. The molecule has 1 saturated heterocycles. The molecule has 0 radical (unpaired) electrons. The lowest BCUT2D eigenvalue weighted by Gasteiger charge is -2.29. The standard InChI is InChI=1S/C25H34N4O6/c1-3-10-29(35-13-4-2)23(30)16-27-15-19(18-6-7-21-22(14-18)34-17-33-21)24(25(31)32)20(27)8-12-28-11-5-9-26-28/h5-7,9,11,14,19-20,24H,3-4,8,10,12-13,15-17H2,1-2H3,(H,31,32). The number of carbonyl (C=O) groups is 2. The summed E-state index contributed by atoms with van der Waals surface area (Å²) in [5.41, 5.74) is 0.869. The van der Waals surface area contributed by atoms with Crippen molar-refractivity contribution in [1.82, 2.24) is 19.7 Å². The Hall–Kier alpha value is -3.11. The van der Waals surface area contributed by atoms with Gasteiger partial charge in [-0.25, -0.2) is 5.06 Å². The summed E-state index contributed by atoms with van der Waals surface area (Å²) in [6, 6.07) is 7.09. The van der Waals surface area contributed by atoms with E-state index < -0.39 is 11.9 Å². The quantitative estimate of drug-likeness (QED) is 0.457. The number of ether oxygens (including phenoxy) is 2. The van der Waals surface area contributed by atoms with E-state index in [0.717, 1.165) is 18.4 Å². The minimum atomic E-state index is -0.874. The molecule has 0 aliphatic carbocycles. The molecule has 1 aromatic carbocycles. The summed E-state index contributed by atoms with van der Waals surface area (Å²) in [6.07, 6.45) is 5.69. The molecular formula is C25H34N4O6. The topological polar surface area (TPSA) is 106 Å². The van der Waals surface area contributed by atoms with Crippen molar-refractivity contribution in [3.63, 3.8) is 0 Å². The average Bonchev–Trinajstić information content (AvgIpc) is 3.59. The van der Waals surface area contributed by atoms with Gasteiger partial charge in [-0.3, -0.25) is 24.0 Å². The van der Waals surface area contributed by atoms with E-state index in [0.29, 0.717) is 44.2 Å². The molecule has 0 spiro atoms. The SMILES string of the molecule is CCCON(CCC)C(=O)CN1CC(c2ccc3c(c2)OCO3)C(C(=O)O)C1CCn1cccn1. The first-order chi connectivity index (χ1) is 17.0. The highest BCUT2D eigenvalue weighted by atomic mass is 16.7. The smallest absolute Gasteiger partial charge is 0.308 e. The van der Waals surface area contributed by atoms with Gasteiger partial charge in [0, 0.05) is 44.0 Å². The number of carboxylic acids is 1. The van der Waals surface area contributed by atoms with Crippen LogP contribution in [0.3, 0.4) is 0 Å². The third kappa shape index (κ3) is 5.76. The molecule has 1 amide bonds. The van der Waals surface area contributed by atoms with Crippen molar-refractivity contribution in [2.75, 3.05) is 33.0 Å². The third-order valence-corrected chi connectivity index (χ3v) is 6.57. The van der Waals surface area contributed by atoms with Gasteiger partial charge in [0.25, 0.3) is 5.91 Å². The number of amides is 1. The first-order valence-electron chi connectivity index (χ1n) is 12.3. The van der Waals surface area contributed by atoms with E-state index in [4.69, 9.17) is 14.3 Å². The molecule has 2 aliphatic heterocycles. The number of aryl methyl sites for hydroxylation is 1. The molecule has 10 heteroatoms. The molecular weight excluding hydrogens is 452 g/mol. The minimum Gasteiger partial charge on any atom is -0.481 e. The van der Waals surface area contributed by atoms with Crippen LogP contribution < -0.4 is 9.47 Å². The van der Waals surface area contributed by atoms with E-state index in [1.807, 2.05) is 49.2 Å². The summed E-state index contributed by atoms with van der Waals surface area (Å²) < 4.78 is 12.7. The van der Waals surface area contributed by atoms with Crippen molar-refractivity contribution in [1.29, 1.82) is 0 Å². The van der Waals surface area contributed by atoms with Crippen LogP contribution in [-0.4, -0.2) is 75.8 Å². The fourth-order valence-corrected chi connectivity index (χ4v) is 4.95. The van der Waals surface area contributed by atoms with Gasteiger partial charge in [-0.2, -0.15) is 5.10 Å². The van der Waals surface area contributed by atoms with Crippen molar-refractivity contribution in [2.24, 2.45) is 5.92 Å². The summed E-state index contributed by atoms with van der Waals surface area (Å²) in [4.78, 5) is 33.5. The summed E-state index contributed by atoms with van der Waals surface area (Å²) in [5.74, 6) is -0.732. The molecule has 190 valence electrons. The number of benzene rings is 1. The van der Waals surface area contributed by atoms with E-state index in [-0.39, 0.29) is 31.2 Å². The molecule has 1 fully saturated rings. The Kier molecular flexibility index (Phi) is 8.25. The molecule has 0 bridgehead atoms. The molecule has 2 aromatic rings. The number of rotatable bonds is 12.